The van der Waals surface area contributed by atoms with Crippen LogP contribution in [-0.4, -0.2) is 5.97 Å². The molecule has 0 saturated heterocycles. The van der Waals surface area contributed by atoms with E-state index in [4.69, 9.17) is 20.8 Å². The van der Waals surface area contributed by atoms with Crippen LogP contribution in [0.1, 0.15) is 21.7 Å². The molecule has 6 heteroatoms. The lowest BCUT2D eigenvalue weighted by Crippen LogP contribution is -2.07. The Labute approximate surface area is 145 Å². The van der Waals surface area contributed by atoms with E-state index in [-0.39, 0.29) is 23.0 Å². The standard InChI is InChI=1S/C17H11BrClFO3/c1-9-11-7-10(18)5-6-15(11)23-16(9)17(21)22-8-12-13(19)3-2-4-14(12)20/h2-7H,8H2,1H3. The number of esters is 1. The summed E-state index contributed by atoms with van der Waals surface area (Å²) in [4.78, 5) is 12.2. The maximum Gasteiger partial charge on any atom is 0.374 e. The number of halogens is 3. The van der Waals surface area contributed by atoms with Crippen LogP contribution in [0.2, 0.25) is 5.02 Å². The summed E-state index contributed by atoms with van der Waals surface area (Å²) >= 11 is 9.29. The second-order valence-corrected chi connectivity index (χ2v) is 6.30. The molecule has 118 valence electrons. The van der Waals surface area contributed by atoms with Crippen LogP contribution in [0.25, 0.3) is 11.0 Å². The third-order valence-electron chi connectivity index (χ3n) is 3.49. The summed E-state index contributed by atoms with van der Waals surface area (Å²) in [6, 6.07) is 9.73. The smallest absolute Gasteiger partial charge is 0.374 e. The van der Waals surface area contributed by atoms with Gasteiger partial charge >= 0.3 is 5.97 Å². The van der Waals surface area contributed by atoms with E-state index in [2.05, 4.69) is 15.9 Å². The van der Waals surface area contributed by atoms with Crippen LogP contribution in [0.4, 0.5) is 4.39 Å². The van der Waals surface area contributed by atoms with Gasteiger partial charge in [-0.05, 0) is 37.3 Å². The van der Waals surface area contributed by atoms with Crippen LogP contribution < -0.4 is 0 Å². The van der Waals surface area contributed by atoms with Crippen LogP contribution in [-0.2, 0) is 11.3 Å². The maximum absolute atomic E-state index is 13.7. The lowest BCUT2D eigenvalue weighted by Gasteiger charge is -2.06. The first-order chi connectivity index (χ1) is 11.0. The normalized spacial score (nSPS) is 11.0. The molecule has 1 aromatic heterocycles. The van der Waals surface area contributed by atoms with Gasteiger partial charge in [0.1, 0.15) is 18.0 Å². The first kappa shape index (κ1) is 16.0. The van der Waals surface area contributed by atoms with E-state index in [0.717, 1.165) is 9.86 Å². The molecule has 0 unspecified atom stereocenters. The van der Waals surface area contributed by atoms with Gasteiger partial charge in [0.15, 0.2) is 0 Å². The second kappa shape index (κ2) is 6.34. The van der Waals surface area contributed by atoms with Crippen molar-refractivity contribution in [2.75, 3.05) is 0 Å². The van der Waals surface area contributed by atoms with Crippen molar-refractivity contribution in [3.63, 3.8) is 0 Å². The van der Waals surface area contributed by atoms with Crippen molar-refractivity contribution in [1.82, 2.24) is 0 Å². The van der Waals surface area contributed by atoms with E-state index in [0.29, 0.717) is 11.1 Å². The summed E-state index contributed by atoms with van der Waals surface area (Å²) in [5.41, 5.74) is 1.39. The molecular formula is C17H11BrClFO3. The molecule has 0 spiro atoms. The molecule has 0 N–H and O–H groups in total. The second-order valence-electron chi connectivity index (χ2n) is 4.97. The number of furan rings is 1. The number of aryl methyl sites for hydroxylation is 1. The van der Waals surface area contributed by atoms with Gasteiger partial charge in [0, 0.05) is 21.0 Å². The fourth-order valence-corrected chi connectivity index (χ4v) is 2.84. The summed E-state index contributed by atoms with van der Waals surface area (Å²) in [6.45, 7) is 1.51. The molecule has 0 aliphatic carbocycles. The molecule has 0 bridgehead atoms. The fourth-order valence-electron chi connectivity index (χ4n) is 2.26. The molecule has 0 amide bonds. The van der Waals surface area contributed by atoms with Crippen molar-refractivity contribution >= 4 is 44.5 Å². The summed E-state index contributed by atoms with van der Waals surface area (Å²) in [6.07, 6.45) is 0. The minimum atomic E-state index is -0.658. The molecule has 2 aromatic carbocycles. The Morgan fingerprint density at radius 3 is 2.87 bits per heavy atom. The van der Waals surface area contributed by atoms with Gasteiger partial charge in [-0.3, -0.25) is 0 Å². The summed E-state index contributed by atoms with van der Waals surface area (Å²) in [5, 5.41) is 1.03. The maximum atomic E-state index is 13.7. The Bertz CT molecular complexity index is 884. The lowest BCUT2D eigenvalue weighted by atomic mass is 10.1. The quantitative estimate of drug-likeness (QED) is 0.536. The highest BCUT2D eigenvalue weighted by atomic mass is 79.9. The van der Waals surface area contributed by atoms with Gasteiger partial charge in [0.05, 0.1) is 5.02 Å². The van der Waals surface area contributed by atoms with E-state index < -0.39 is 11.8 Å². The zero-order valence-corrected chi connectivity index (χ0v) is 14.4. The van der Waals surface area contributed by atoms with Gasteiger partial charge in [0.2, 0.25) is 5.76 Å². The van der Waals surface area contributed by atoms with E-state index in [9.17, 15) is 9.18 Å². The highest BCUT2D eigenvalue weighted by Crippen LogP contribution is 2.29. The van der Waals surface area contributed by atoms with Crippen LogP contribution in [0.3, 0.4) is 0 Å². The number of fused-ring (bicyclic) bond motifs is 1. The number of hydrogen-bond donors (Lipinski definition) is 0. The fraction of sp³-hybridized carbons (Fsp3) is 0.118. The van der Waals surface area contributed by atoms with Gasteiger partial charge in [-0.25, -0.2) is 9.18 Å². The van der Waals surface area contributed by atoms with Crippen molar-refractivity contribution in [3.8, 4) is 0 Å². The van der Waals surface area contributed by atoms with Gasteiger partial charge in [-0.2, -0.15) is 0 Å². The molecule has 0 aliphatic heterocycles. The highest BCUT2D eigenvalue weighted by Gasteiger charge is 2.20. The van der Waals surface area contributed by atoms with Crippen molar-refractivity contribution in [2.24, 2.45) is 0 Å². The number of ether oxygens (including phenoxy) is 1. The zero-order valence-electron chi connectivity index (χ0n) is 12.0. The van der Waals surface area contributed by atoms with E-state index in [1.807, 2.05) is 12.1 Å². The van der Waals surface area contributed by atoms with Gasteiger partial charge in [-0.15, -0.1) is 0 Å². The van der Waals surface area contributed by atoms with Crippen LogP contribution in [0.15, 0.2) is 45.3 Å². The van der Waals surface area contributed by atoms with E-state index in [1.165, 1.54) is 18.2 Å². The average Bonchev–Trinajstić information content (AvgIpc) is 2.83. The first-order valence-corrected chi connectivity index (χ1v) is 7.93. The molecular weight excluding hydrogens is 387 g/mol. The Kier molecular flexibility index (Phi) is 4.41. The molecule has 3 rings (SSSR count). The minimum Gasteiger partial charge on any atom is -0.455 e. The molecule has 3 aromatic rings. The first-order valence-electron chi connectivity index (χ1n) is 6.76. The van der Waals surface area contributed by atoms with Crippen LogP contribution >= 0.6 is 27.5 Å². The Hall–Kier alpha value is -1.85. The predicted molar refractivity (Wildman–Crippen MR) is 89.2 cm³/mol. The Morgan fingerprint density at radius 1 is 1.35 bits per heavy atom. The summed E-state index contributed by atoms with van der Waals surface area (Å²) in [7, 11) is 0. The van der Waals surface area contributed by atoms with Crippen molar-refractivity contribution in [3.05, 3.63) is 68.6 Å². The lowest BCUT2D eigenvalue weighted by molar-refractivity contribution is 0.0434. The summed E-state index contributed by atoms with van der Waals surface area (Å²) in [5.74, 6) is -1.07. The molecule has 0 saturated carbocycles. The SMILES string of the molecule is Cc1c(C(=O)OCc2c(F)cccc2Cl)oc2ccc(Br)cc12. The average molecular weight is 398 g/mol. The largest absolute Gasteiger partial charge is 0.455 e. The Morgan fingerprint density at radius 2 is 2.13 bits per heavy atom. The number of carbonyl (C=O) groups excluding carboxylic acids is 1. The Balaban J connectivity index is 1.85. The monoisotopic (exact) mass is 396 g/mol. The number of hydrogen-bond acceptors (Lipinski definition) is 3. The van der Waals surface area contributed by atoms with Gasteiger partial charge in [0.25, 0.3) is 0 Å². The third-order valence-corrected chi connectivity index (χ3v) is 4.34. The number of benzene rings is 2. The van der Waals surface area contributed by atoms with Gasteiger partial charge in [-0.1, -0.05) is 33.6 Å². The van der Waals surface area contributed by atoms with Crippen molar-refractivity contribution in [2.45, 2.75) is 13.5 Å². The van der Waals surface area contributed by atoms with Crippen molar-refractivity contribution < 1.29 is 18.3 Å². The minimum absolute atomic E-state index is 0.102. The predicted octanol–water partition coefficient (Wildman–Crippen LogP) is 5.65. The zero-order chi connectivity index (χ0) is 16.6. The molecule has 0 radical (unpaired) electrons. The number of carbonyl (C=O) groups is 1. The molecule has 23 heavy (non-hydrogen) atoms. The third kappa shape index (κ3) is 3.12. The highest BCUT2D eigenvalue weighted by molar-refractivity contribution is 9.10. The van der Waals surface area contributed by atoms with Gasteiger partial charge < -0.3 is 9.15 Å². The van der Waals surface area contributed by atoms with Crippen LogP contribution in [0.5, 0.6) is 0 Å². The summed E-state index contributed by atoms with van der Waals surface area (Å²) < 4.78 is 25.3. The van der Waals surface area contributed by atoms with E-state index >= 15 is 0 Å². The molecule has 3 nitrogen and oxygen atoms in total. The molecule has 0 atom stereocenters. The molecule has 0 aliphatic rings. The van der Waals surface area contributed by atoms with Crippen LogP contribution in [0, 0.1) is 12.7 Å². The van der Waals surface area contributed by atoms with Crippen molar-refractivity contribution in [1.29, 1.82) is 0 Å². The molecule has 1 heterocycles. The molecule has 0 fully saturated rings. The topological polar surface area (TPSA) is 39.4 Å². The van der Waals surface area contributed by atoms with E-state index in [1.54, 1.807) is 13.0 Å². The number of rotatable bonds is 3.